The molecule has 0 bridgehead atoms. The summed E-state index contributed by atoms with van der Waals surface area (Å²) in [5, 5.41) is 12.4. The van der Waals surface area contributed by atoms with Crippen LogP contribution in [0, 0.1) is 0 Å². The molecule has 4 heterocycles. The minimum Gasteiger partial charge on any atom is -0.324 e. The Morgan fingerprint density at radius 3 is 3.00 bits per heavy atom. The Morgan fingerprint density at radius 2 is 2.14 bits per heavy atom. The summed E-state index contributed by atoms with van der Waals surface area (Å²) in [5.41, 5.74) is 4.76. The third-order valence-electron chi connectivity index (χ3n) is 5.62. The fraction of sp³-hybridized carbons (Fsp3) is 0.450. The molecule has 1 saturated heterocycles. The van der Waals surface area contributed by atoms with E-state index in [1.54, 1.807) is 0 Å². The van der Waals surface area contributed by atoms with Crippen molar-refractivity contribution in [2.75, 3.05) is 32.0 Å². The van der Waals surface area contributed by atoms with Gasteiger partial charge in [0.25, 0.3) is 0 Å². The van der Waals surface area contributed by atoms with E-state index >= 15 is 0 Å². The average molecular weight is 400 g/mol. The number of nitrogens with one attached hydrogen (secondary N) is 2. The molecular formula is C20H26ClN7. The van der Waals surface area contributed by atoms with Crippen LogP contribution in [0.2, 0.25) is 0 Å². The van der Waals surface area contributed by atoms with Crippen LogP contribution in [0.5, 0.6) is 0 Å². The third kappa shape index (κ3) is 3.70. The Morgan fingerprint density at radius 1 is 1.21 bits per heavy atom. The second-order valence-corrected chi connectivity index (χ2v) is 7.66. The van der Waals surface area contributed by atoms with Gasteiger partial charge >= 0.3 is 0 Å². The Bertz CT molecular complexity index is 964. The minimum atomic E-state index is 0. The number of halogens is 1. The van der Waals surface area contributed by atoms with Gasteiger partial charge in [0, 0.05) is 31.5 Å². The van der Waals surface area contributed by atoms with Crippen molar-refractivity contribution in [3.05, 3.63) is 41.7 Å². The van der Waals surface area contributed by atoms with E-state index in [1.165, 1.54) is 17.5 Å². The smallest absolute Gasteiger partial charge is 0.229 e. The first kappa shape index (κ1) is 19.1. The quantitative estimate of drug-likeness (QED) is 0.705. The number of benzene rings is 1. The lowest BCUT2D eigenvalue weighted by atomic mass is 9.99. The summed E-state index contributed by atoms with van der Waals surface area (Å²) in [5.74, 6) is 0.622. The van der Waals surface area contributed by atoms with Crippen LogP contribution in [0.1, 0.15) is 30.0 Å². The van der Waals surface area contributed by atoms with E-state index in [0.717, 1.165) is 55.7 Å². The van der Waals surface area contributed by atoms with Crippen LogP contribution in [-0.2, 0) is 13.0 Å². The lowest BCUT2D eigenvalue weighted by molar-refractivity contribution is 0.313. The van der Waals surface area contributed by atoms with Crippen molar-refractivity contribution in [2.45, 2.75) is 31.8 Å². The van der Waals surface area contributed by atoms with E-state index in [4.69, 9.17) is 4.98 Å². The van der Waals surface area contributed by atoms with Crippen LogP contribution in [0.4, 0.5) is 11.6 Å². The van der Waals surface area contributed by atoms with E-state index < -0.39 is 0 Å². The topological polar surface area (TPSA) is 70.9 Å². The first-order valence-corrected chi connectivity index (χ1v) is 9.74. The summed E-state index contributed by atoms with van der Waals surface area (Å²) < 4.78 is 2.05. The molecule has 2 aliphatic heterocycles. The minimum absolute atomic E-state index is 0. The second-order valence-electron chi connectivity index (χ2n) is 7.66. The molecule has 8 heteroatoms. The van der Waals surface area contributed by atoms with Gasteiger partial charge < -0.3 is 15.5 Å². The van der Waals surface area contributed by atoms with Gasteiger partial charge in [-0.05, 0) is 56.1 Å². The summed E-state index contributed by atoms with van der Waals surface area (Å²) >= 11 is 0. The third-order valence-corrected chi connectivity index (χ3v) is 5.62. The summed E-state index contributed by atoms with van der Waals surface area (Å²) in [4.78, 5) is 11.6. The Labute approximate surface area is 171 Å². The number of anilines is 2. The molecule has 1 atom stereocenters. The number of nitrogens with zero attached hydrogens (tertiary/aromatic N) is 5. The molecule has 1 unspecified atom stereocenters. The first-order valence-electron chi connectivity index (χ1n) is 9.74. The van der Waals surface area contributed by atoms with Gasteiger partial charge in [0.1, 0.15) is 0 Å². The molecule has 1 fully saturated rings. The Kier molecular flexibility index (Phi) is 5.48. The number of hydrogen-bond donors (Lipinski definition) is 2. The molecule has 5 rings (SSSR count). The summed E-state index contributed by atoms with van der Waals surface area (Å²) in [6.45, 7) is 4.15. The van der Waals surface area contributed by atoms with Crippen LogP contribution in [-0.4, -0.2) is 51.3 Å². The van der Waals surface area contributed by atoms with E-state index in [1.807, 2.05) is 12.4 Å². The zero-order valence-corrected chi connectivity index (χ0v) is 16.9. The van der Waals surface area contributed by atoms with Gasteiger partial charge in [-0.25, -0.2) is 9.67 Å². The fourth-order valence-electron chi connectivity index (χ4n) is 4.11. The van der Waals surface area contributed by atoms with Crippen molar-refractivity contribution < 1.29 is 0 Å². The molecule has 1 aromatic carbocycles. The van der Waals surface area contributed by atoms with E-state index in [0.29, 0.717) is 12.0 Å². The maximum absolute atomic E-state index is 4.77. The molecule has 0 amide bonds. The van der Waals surface area contributed by atoms with Gasteiger partial charge in [0.05, 0.1) is 17.6 Å². The van der Waals surface area contributed by atoms with Crippen molar-refractivity contribution in [3.63, 3.8) is 0 Å². The van der Waals surface area contributed by atoms with Crippen molar-refractivity contribution in [3.8, 4) is 0 Å². The maximum Gasteiger partial charge on any atom is 0.229 e. The number of rotatable bonds is 3. The molecule has 0 saturated carbocycles. The van der Waals surface area contributed by atoms with Gasteiger partial charge in [-0.1, -0.05) is 6.07 Å². The highest BCUT2D eigenvalue weighted by molar-refractivity contribution is 5.85. The number of aromatic nitrogens is 4. The highest BCUT2D eigenvalue weighted by Crippen LogP contribution is 2.25. The number of fused-ring (bicyclic) bond motifs is 2. The molecule has 0 spiro atoms. The molecule has 148 valence electrons. The molecule has 28 heavy (non-hydrogen) atoms. The Balaban J connectivity index is 0.00000192. The van der Waals surface area contributed by atoms with Gasteiger partial charge in [-0.15, -0.1) is 12.4 Å². The molecule has 0 aliphatic carbocycles. The van der Waals surface area contributed by atoms with Gasteiger partial charge in [0.2, 0.25) is 5.95 Å². The van der Waals surface area contributed by atoms with E-state index in [9.17, 15) is 0 Å². The average Bonchev–Trinajstić information content (AvgIpc) is 3.11. The van der Waals surface area contributed by atoms with Crippen LogP contribution in [0.15, 0.2) is 30.6 Å². The molecule has 2 N–H and O–H groups in total. The van der Waals surface area contributed by atoms with Crippen LogP contribution < -0.4 is 10.6 Å². The van der Waals surface area contributed by atoms with Crippen LogP contribution in [0.25, 0.3) is 11.0 Å². The lowest BCUT2D eigenvalue weighted by Crippen LogP contribution is -2.32. The highest BCUT2D eigenvalue weighted by Gasteiger charge is 2.19. The lowest BCUT2D eigenvalue weighted by Gasteiger charge is -2.25. The maximum atomic E-state index is 4.77. The first-order chi connectivity index (χ1) is 13.3. The normalized spacial score (nSPS) is 19.8. The van der Waals surface area contributed by atoms with Crippen molar-refractivity contribution in [1.82, 2.24) is 30.0 Å². The monoisotopic (exact) mass is 399 g/mol. The highest BCUT2D eigenvalue weighted by atomic mass is 35.5. The number of hydrogen-bond acceptors (Lipinski definition) is 6. The predicted molar refractivity (Wildman–Crippen MR) is 113 cm³/mol. The Hall–Kier alpha value is -2.22. The summed E-state index contributed by atoms with van der Waals surface area (Å²) in [7, 11) is 2.17. The largest absolute Gasteiger partial charge is 0.324 e. The molecule has 3 aromatic rings. The van der Waals surface area contributed by atoms with E-state index in [2.05, 4.69) is 55.5 Å². The fourth-order valence-corrected chi connectivity index (χ4v) is 4.11. The number of piperidine rings is 1. The molecule has 0 radical (unpaired) electrons. The summed E-state index contributed by atoms with van der Waals surface area (Å²) in [6.07, 6.45) is 7.14. The van der Waals surface area contributed by atoms with Crippen molar-refractivity contribution >= 4 is 35.1 Å². The van der Waals surface area contributed by atoms with Crippen LogP contribution in [0.3, 0.4) is 0 Å². The SMILES string of the molecule is CN1CCc2ccc(Nc3ncc4cnn(C5CCCNC5)c4n3)cc2C1.Cl. The molecule has 2 aromatic heterocycles. The van der Waals surface area contributed by atoms with E-state index in [-0.39, 0.29) is 12.4 Å². The van der Waals surface area contributed by atoms with Crippen molar-refractivity contribution in [2.24, 2.45) is 0 Å². The molecule has 2 aliphatic rings. The number of likely N-dealkylation sites (N-methyl/N-ethyl adjacent to an activating group) is 1. The van der Waals surface area contributed by atoms with Gasteiger partial charge in [0.15, 0.2) is 5.65 Å². The molecule has 7 nitrogen and oxygen atoms in total. The second kappa shape index (κ2) is 8.03. The van der Waals surface area contributed by atoms with Gasteiger partial charge in [-0.3, -0.25) is 0 Å². The van der Waals surface area contributed by atoms with Crippen molar-refractivity contribution in [1.29, 1.82) is 0 Å². The zero-order valence-electron chi connectivity index (χ0n) is 16.1. The summed E-state index contributed by atoms with van der Waals surface area (Å²) in [6, 6.07) is 6.93. The van der Waals surface area contributed by atoms with Crippen LogP contribution >= 0.6 is 12.4 Å². The zero-order chi connectivity index (χ0) is 18.2. The molecular weight excluding hydrogens is 374 g/mol. The van der Waals surface area contributed by atoms with Gasteiger partial charge in [-0.2, -0.15) is 10.1 Å². The standard InChI is InChI=1S/C20H25N7.ClH/c1-26-8-6-14-4-5-17(9-15(14)13-26)24-20-22-10-16-11-23-27(19(16)25-20)18-3-2-7-21-12-18;/h4-5,9-11,18,21H,2-3,6-8,12-13H2,1H3,(H,22,24,25);1H. The predicted octanol–water partition coefficient (Wildman–Crippen LogP) is 2.90.